The lowest BCUT2D eigenvalue weighted by atomic mass is 10.0. The number of para-hydroxylation sites is 4. The maximum atomic E-state index is 9.25. The molecule has 7 aromatic carbocycles. The van der Waals surface area contributed by atoms with E-state index in [1.54, 1.807) is 18.2 Å². The lowest BCUT2D eigenvalue weighted by Crippen LogP contribution is -2.00. The molecule has 0 amide bonds. The van der Waals surface area contributed by atoms with E-state index in [0.29, 0.717) is 11.3 Å². The molecule has 0 fully saturated rings. The largest absolute Gasteiger partial charge is 0.455 e. The molecule has 0 aliphatic rings. The molecule has 0 spiro atoms. The van der Waals surface area contributed by atoms with Crippen LogP contribution in [0, 0.1) is 6.92 Å². The molecule has 0 atom stereocenters. The zero-order valence-corrected chi connectivity index (χ0v) is 26.6. The van der Waals surface area contributed by atoms with Crippen LogP contribution in [0.4, 0.5) is 0 Å². The standard InChI is InChI=1S/C46H30N4O/c1-29-24-26-31(27-25-29)45-47-44(30-12-3-2-4-13-30)48-46(49-45)39-21-11-20-38-37-19-10-18-34(42(37)51-43(38)39)32-14-9-15-33(28-32)50-40-22-7-5-16-35(40)36-17-6-8-23-41(36)50/h2-28H,1H3/i2D,3D,4D,10D,11D,12D,13D,18D,19D,20D,21D,24D,25D,26D,27D. The third-order valence-corrected chi connectivity index (χ3v) is 8.64. The van der Waals surface area contributed by atoms with Crippen LogP contribution in [-0.4, -0.2) is 19.5 Å². The third-order valence-electron chi connectivity index (χ3n) is 8.64. The van der Waals surface area contributed by atoms with Gasteiger partial charge in [-0.05, 0) is 42.8 Å². The molecule has 5 heteroatoms. The predicted octanol–water partition coefficient (Wildman–Crippen LogP) is 11.8. The highest BCUT2D eigenvalue weighted by Gasteiger charge is 2.20. The van der Waals surface area contributed by atoms with Gasteiger partial charge in [-0.15, -0.1) is 0 Å². The van der Waals surface area contributed by atoms with Crippen LogP contribution in [0.5, 0.6) is 0 Å². The molecule has 0 saturated heterocycles. The van der Waals surface area contributed by atoms with Crippen molar-refractivity contribution in [1.82, 2.24) is 19.5 Å². The molecular formula is C46H30N4O. The van der Waals surface area contributed by atoms with Gasteiger partial charge in [-0.2, -0.15) is 0 Å². The van der Waals surface area contributed by atoms with Crippen LogP contribution in [0.1, 0.15) is 26.1 Å². The van der Waals surface area contributed by atoms with Crippen molar-refractivity contribution in [3.8, 4) is 51.0 Å². The second kappa shape index (κ2) is 11.6. The van der Waals surface area contributed by atoms with E-state index in [0.717, 1.165) is 21.8 Å². The Labute approximate surface area is 315 Å². The molecule has 51 heavy (non-hydrogen) atoms. The van der Waals surface area contributed by atoms with Crippen molar-refractivity contribution in [2.24, 2.45) is 0 Å². The monoisotopic (exact) mass is 669 g/mol. The topological polar surface area (TPSA) is 56.7 Å². The van der Waals surface area contributed by atoms with Crippen molar-refractivity contribution in [3.63, 3.8) is 0 Å². The smallest absolute Gasteiger partial charge is 0.167 e. The molecule has 3 heterocycles. The summed E-state index contributed by atoms with van der Waals surface area (Å²) < 4.78 is 141. The lowest BCUT2D eigenvalue weighted by molar-refractivity contribution is 0.670. The zero-order chi connectivity index (χ0) is 46.9. The van der Waals surface area contributed by atoms with Gasteiger partial charge in [0.15, 0.2) is 17.5 Å². The summed E-state index contributed by atoms with van der Waals surface area (Å²) in [6.07, 6.45) is 0. The van der Waals surface area contributed by atoms with E-state index in [1.165, 1.54) is 6.92 Å². The Morgan fingerprint density at radius 2 is 1.08 bits per heavy atom. The van der Waals surface area contributed by atoms with E-state index < -0.39 is 119 Å². The SMILES string of the molecule is [2H]c1c([2H])c([2H])c(-c2nc(-c3c([2H])c([2H])c(C)c([2H])c3[2H])nc(-c3c([2H])c([2H])c([2H])c4c3oc3c(-c5cccc(-n6c7ccccc7c7ccccc76)c5)c([2H])c([2H])c([2H])c34)n2)c([2H])c1[2H]. The van der Waals surface area contributed by atoms with Gasteiger partial charge in [0.05, 0.1) is 37.2 Å². The van der Waals surface area contributed by atoms with E-state index in [9.17, 15) is 2.74 Å². The van der Waals surface area contributed by atoms with Gasteiger partial charge in [0, 0.05) is 43.9 Å². The number of hydrogen-bond acceptors (Lipinski definition) is 4. The van der Waals surface area contributed by atoms with Gasteiger partial charge in [0.1, 0.15) is 11.2 Å². The highest BCUT2D eigenvalue weighted by Crippen LogP contribution is 2.41. The van der Waals surface area contributed by atoms with Crippen molar-refractivity contribution in [2.75, 3.05) is 0 Å². The van der Waals surface area contributed by atoms with E-state index in [1.807, 2.05) is 54.6 Å². The van der Waals surface area contributed by atoms with Gasteiger partial charge in [0.25, 0.3) is 0 Å². The summed E-state index contributed by atoms with van der Waals surface area (Å²) in [7, 11) is 0. The molecule has 240 valence electrons. The van der Waals surface area contributed by atoms with Gasteiger partial charge in [0.2, 0.25) is 0 Å². The molecule has 5 nitrogen and oxygen atoms in total. The molecular weight excluding hydrogens is 625 g/mol. The van der Waals surface area contributed by atoms with Crippen molar-refractivity contribution in [1.29, 1.82) is 0 Å². The van der Waals surface area contributed by atoms with E-state index in [-0.39, 0.29) is 39.1 Å². The predicted molar refractivity (Wildman–Crippen MR) is 208 cm³/mol. The molecule has 10 rings (SSSR count). The van der Waals surface area contributed by atoms with Crippen molar-refractivity contribution < 1.29 is 25.0 Å². The number of hydrogen-bond donors (Lipinski definition) is 0. The Morgan fingerprint density at radius 3 is 1.76 bits per heavy atom. The minimum atomic E-state index is -0.739. The first-order chi connectivity index (χ1) is 31.4. The minimum absolute atomic E-state index is 0.0151. The van der Waals surface area contributed by atoms with Gasteiger partial charge < -0.3 is 8.98 Å². The van der Waals surface area contributed by atoms with Crippen molar-refractivity contribution >= 4 is 43.7 Å². The average molecular weight is 670 g/mol. The van der Waals surface area contributed by atoms with Crippen molar-refractivity contribution in [3.05, 3.63) is 169 Å². The van der Waals surface area contributed by atoms with Crippen LogP contribution >= 0.6 is 0 Å². The third kappa shape index (κ3) is 4.82. The Bertz CT molecular complexity index is 3610. The van der Waals surface area contributed by atoms with Crippen LogP contribution in [0.2, 0.25) is 0 Å². The Kier molecular flexibility index (Phi) is 4.04. The van der Waals surface area contributed by atoms with Gasteiger partial charge >= 0.3 is 0 Å². The quantitative estimate of drug-likeness (QED) is 0.183. The Hall–Kier alpha value is -6.85. The summed E-state index contributed by atoms with van der Waals surface area (Å²) in [4.78, 5) is 13.3. The zero-order valence-electron chi connectivity index (χ0n) is 41.6. The molecule has 10 aromatic rings. The number of fused-ring (bicyclic) bond motifs is 6. The molecule has 0 radical (unpaired) electrons. The Balaban J connectivity index is 1.30. The van der Waals surface area contributed by atoms with Gasteiger partial charge in [-0.1, -0.05) is 139 Å². The molecule has 0 aliphatic carbocycles. The average Bonchev–Trinajstić information content (AvgIpc) is 3.87. The summed E-state index contributed by atoms with van der Waals surface area (Å²) in [5, 5.41) is 1.69. The summed E-state index contributed by atoms with van der Waals surface area (Å²) in [6.45, 7) is 1.39. The molecule has 0 N–H and O–H groups in total. The maximum absolute atomic E-state index is 9.25. The Morgan fingerprint density at radius 1 is 0.490 bits per heavy atom. The second-order valence-electron chi connectivity index (χ2n) is 11.7. The fourth-order valence-electron chi connectivity index (χ4n) is 6.37. The van der Waals surface area contributed by atoms with Gasteiger partial charge in [-0.3, -0.25) is 0 Å². The van der Waals surface area contributed by atoms with Crippen LogP contribution in [-0.2, 0) is 0 Å². The summed E-state index contributed by atoms with van der Waals surface area (Å²) >= 11 is 0. The maximum Gasteiger partial charge on any atom is 0.167 e. The van der Waals surface area contributed by atoms with Crippen LogP contribution in [0.15, 0.2) is 168 Å². The first kappa shape index (κ1) is 17.7. The van der Waals surface area contributed by atoms with E-state index >= 15 is 0 Å². The summed E-state index contributed by atoms with van der Waals surface area (Å²) in [5.41, 5.74) is 1.16. The fraction of sp³-hybridized carbons (Fsp3) is 0.0217. The second-order valence-corrected chi connectivity index (χ2v) is 11.7. The highest BCUT2D eigenvalue weighted by molar-refractivity contribution is 6.13. The number of aromatic nitrogens is 4. The lowest BCUT2D eigenvalue weighted by Gasteiger charge is -2.10. The van der Waals surface area contributed by atoms with Crippen LogP contribution in [0.25, 0.3) is 94.7 Å². The number of furan rings is 1. The molecule has 0 bridgehead atoms. The normalized spacial score (nSPS) is 15.7. The summed E-state index contributed by atoms with van der Waals surface area (Å²) in [5.74, 6) is -1.67. The highest BCUT2D eigenvalue weighted by atomic mass is 16.3. The van der Waals surface area contributed by atoms with E-state index in [2.05, 4.69) is 19.5 Å². The molecule has 0 aliphatic heterocycles. The first-order valence-electron chi connectivity index (χ1n) is 23.4. The van der Waals surface area contributed by atoms with E-state index in [4.69, 9.17) is 22.2 Å². The minimum Gasteiger partial charge on any atom is -0.455 e. The number of rotatable bonds is 5. The van der Waals surface area contributed by atoms with Crippen LogP contribution < -0.4 is 0 Å². The summed E-state index contributed by atoms with van der Waals surface area (Å²) in [6, 6.07) is 14.0. The molecule has 0 unspecified atom stereocenters. The van der Waals surface area contributed by atoms with Crippen LogP contribution in [0.3, 0.4) is 0 Å². The fourth-order valence-corrected chi connectivity index (χ4v) is 6.37. The number of benzene rings is 7. The van der Waals surface area contributed by atoms with Gasteiger partial charge in [-0.25, -0.2) is 15.0 Å². The molecule has 0 saturated carbocycles. The molecule has 3 aromatic heterocycles. The number of nitrogens with zero attached hydrogens (tertiary/aromatic N) is 4. The van der Waals surface area contributed by atoms with Crippen molar-refractivity contribution in [2.45, 2.75) is 6.92 Å². The first-order valence-corrected chi connectivity index (χ1v) is 15.9.